The van der Waals surface area contributed by atoms with Gasteiger partial charge in [0.1, 0.15) is 12.1 Å². The predicted molar refractivity (Wildman–Crippen MR) is 74.2 cm³/mol. The van der Waals surface area contributed by atoms with E-state index in [0.717, 1.165) is 41.7 Å². The fraction of sp³-hybridized carbons (Fsp3) is 0.538. The molecule has 0 bridgehead atoms. The Bertz CT molecular complexity index is 536. The first-order valence-corrected chi connectivity index (χ1v) is 7.23. The number of rotatable bonds is 6. The molecule has 0 aliphatic heterocycles. The molecule has 1 aliphatic carbocycles. The van der Waals surface area contributed by atoms with Crippen LogP contribution in [0.2, 0.25) is 0 Å². The summed E-state index contributed by atoms with van der Waals surface area (Å²) < 4.78 is 6.73. The van der Waals surface area contributed by atoms with Gasteiger partial charge in [0.2, 0.25) is 0 Å². The van der Waals surface area contributed by atoms with Gasteiger partial charge in [-0.15, -0.1) is 11.3 Å². The molecule has 2 aromatic rings. The summed E-state index contributed by atoms with van der Waals surface area (Å²) >= 11 is 1.69. The zero-order valence-electron chi connectivity index (χ0n) is 10.5. The molecule has 18 heavy (non-hydrogen) atoms. The molecule has 2 aromatic heterocycles. The summed E-state index contributed by atoms with van der Waals surface area (Å²) in [6.45, 7) is 4.54. The average molecular weight is 263 g/mol. The molecule has 1 saturated carbocycles. The molecular weight excluding hydrogens is 246 g/mol. The van der Waals surface area contributed by atoms with Crippen molar-refractivity contribution in [2.45, 2.75) is 19.8 Å². The maximum Gasteiger partial charge on any atom is 0.147 e. The fourth-order valence-corrected chi connectivity index (χ4v) is 2.84. The highest BCUT2D eigenvalue weighted by atomic mass is 32.1. The van der Waals surface area contributed by atoms with Gasteiger partial charge in [-0.1, -0.05) is 0 Å². The summed E-state index contributed by atoms with van der Waals surface area (Å²) in [5, 5.41) is 5.45. The Morgan fingerprint density at radius 3 is 3.17 bits per heavy atom. The van der Waals surface area contributed by atoms with Gasteiger partial charge in [-0.3, -0.25) is 0 Å². The third kappa shape index (κ3) is 2.62. The van der Waals surface area contributed by atoms with Crippen LogP contribution in [0.4, 0.5) is 5.82 Å². The molecule has 1 aliphatic rings. The van der Waals surface area contributed by atoms with Crippen molar-refractivity contribution in [3.63, 3.8) is 0 Å². The summed E-state index contributed by atoms with van der Waals surface area (Å²) in [7, 11) is 0. The van der Waals surface area contributed by atoms with Crippen molar-refractivity contribution in [1.29, 1.82) is 0 Å². The van der Waals surface area contributed by atoms with Crippen LogP contribution in [0.3, 0.4) is 0 Å². The number of anilines is 1. The molecule has 0 radical (unpaired) electrons. The summed E-state index contributed by atoms with van der Waals surface area (Å²) in [5.41, 5.74) is 2.27. The highest BCUT2D eigenvalue weighted by Crippen LogP contribution is 2.29. The van der Waals surface area contributed by atoms with Crippen LogP contribution in [0, 0.1) is 12.8 Å². The number of nitrogens with zero attached hydrogens (tertiary/aromatic N) is 2. The number of ether oxygens (including phenoxy) is 1. The van der Waals surface area contributed by atoms with E-state index in [2.05, 4.69) is 27.6 Å². The second-order valence-electron chi connectivity index (χ2n) is 4.76. The zero-order chi connectivity index (χ0) is 12.4. The molecule has 4 nitrogen and oxygen atoms in total. The minimum Gasteiger partial charge on any atom is -0.379 e. The molecule has 96 valence electrons. The van der Waals surface area contributed by atoms with Crippen LogP contribution in [0.5, 0.6) is 0 Å². The lowest BCUT2D eigenvalue weighted by Gasteiger charge is -2.06. The van der Waals surface area contributed by atoms with Crippen LogP contribution in [-0.4, -0.2) is 29.7 Å². The van der Waals surface area contributed by atoms with Crippen molar-refractivity contribution < 1.29 is 4.74 Å². The largest absolute Gasteiger partial charge is 0.379 e. The van der Waals surface area contributed by atoms with E-state index >= 15 is 0 Å². The van der Waals surface area contributed by atoms with Gasteiger partial charge in [0, 0.05) is 13.2 Å². The first-order chi connectivity index (χ1) is 8.84. The van der Waals surface area contributed by atoms with E-state index in [1.54, 1.807) is 17.7 Å². The van der Waals surface area contributed by atoms with Crippen molar-refractivity contribution in [1.82, 2.24) is 9.97 Å². The Kier molecular flexibility index (Phi) is 3.43. The Morgan fingerprint density at radius 1 is 1.44 bits per heavy atom. The zero-order valence-corrected chi connectivity index (χ0v) is 11.3. The number of hydrogen-bond donors (Lipinski definition) is 1. The van der Waals surface area contributed by atoms with E-state index in [1.807, 2.05) is 0 Å². The molecular formula is C13H17N3OS. The first kappa shape index (κ1) is 11.9. The van der Waals surface area contributed by atoms with E-state index in [4.69, 9.17) is 4.74 Å². The maximum absolute atomic E-state index is 5.59. The molecule has 1 N–H and O–H groups in total. The predicted octanol–water partition coefficient (Wildman–Crippen LogP) is 2.84. The van der Waals surface area contributed by atoms with Gasteiger partial charge in [-0.2, -0.15) is 0 Å². The van der Waals surface area contributed by atoms with Gasteiger partial charge in [0.15, 0.2) is 0 Å². The minimum atomic E-state index is 0.742. The standard InChI is InChI=1S/C13H17N3OS/c1-9-7-18-12-11(9)15-8-16-13(12)14-4-5-17-6-10-2-3-10/h7-8,10H,2-6H2,1H3,(H,14,15,16). The lowest BCUT2D eigenvalue weighted by molar-refractivity contribution is 0.134. The van der Waals surface area contributed by atoms with Gasteiger partial charge in [0.05, 0.1) is 16.8 Å². The quantitative estimate of drug-likeness (QED) is 0.814. The highest BCUT2D eigenvalue weighted by molar-refractivity contribution is 7.18. The normalized spacial score (nSPS) is 15.2. The molecule has 1 fully saturated rings. The summed E-state index contributed by atoms with van der Waals surface area (Å²) in [6, 6.07) is 0. The maximum atomic E-state index is 5.59. The summed E-state index contributed by atoms with van der Waals surface area (Å²) in [4.78, 5) is 8.60. The second-order valence-corrected chi connectivity index (χ2v) is 5.64. The minimum absolute atomic E-state index is 0.742. The number of fused-ring (bicyclic) bond motifs is 1. The lowest BCUT2D eigenvalue weighted by atomic mass is 10.3. The molecule has 0 amide bonds. The second kappa shape index (κ2) is 5.20. The summed E-state index contributed by atoms with van der Waals surface area (Å²) in [5.74, 6) is 1.75. The van der Waals surface area contributed by atoms with Crippen molar-refractivity contribution in [3.8, 4) is 0 Å². The Labute approximate surface area is 110 Å². The van der Waals surface area contributed by atoms with E-state index in [1.165, 1.54) is 18.4 Å². The third-order valence-electron chi connectivity index (χ3n) is 3.12. The van der Waals surface area contributed by atoms with Crippen LogP contribution in [-0.2, 0) is 4.74 Å². The SMILES string of the molecule is Cc1csc2c(NCCOCC3CC3)ncnc12. The number of thiophene rings is 1. The highest BCUT2D eigenvalue weighted by Gasteiger charge is 2.20. The topological polar surface area (TPSA) is 47.0 Å². The van der Waals surface area contributed by atoms with Gasteiger partial charge in [-0.05, 0) is 36.6 Å². The van der Waals surface area contributed by atoms with Crippen LogP contribution in [0.25, 0.3) is 10.2 Å². The molecule has 0 aromatic carbocycles. The van der Waals surface area contributed by atoms with E-state index < -0.39 is 0 Å². The summed E-state index contributed by atoms with van der Waals surface area (Å²) in [6.07, 6.45) is 4.30. The lowest BCUT2D eigenvalue weighted by Crippen LogP contribution is -2.11. The van der Waals surface area contributed by atoms with Gasteiger partial charge in [-0.25, -0.2) is 9.97 Å². The van der Waals surface area contributed by atoms with E-state index in [9.17, 15) is 0 Å². The van der Waals surface area contributed by atoms with E-state index in [0.29, 0.717) is 0 Å². The van der Waals surface area contributed by atoms with Crippen LogP contribution in [0.1, 0.15) is 18.4 Å². The molecule has 0 spiro atoms. The molecule has 3 rings (SSSR count). The number of nitrogens with one attached hydrogen (secondary N) is 1. The van der Waals surface area contributed by atoms with Gasteiger partial charge >= 0.3 is 0 Å². The third-order valence-corrected chi connectivity index (χ3v) is 4.21. The number of aryl methyl sites for hydroxylation is 1. The van der Waals surface area contributed by atoms with Crippen molar-refractivity contribution in [3.05, 3.63) is 17.3 Å². The van der Waals surface area contributed by atoms with E-state index in [-0.39, 0.29) is 0 Å². The smallest absolute Gasteiger partial charge is 0.147 e. The number of aromatic nitrogens is 2. The van der Waals surface area contributed by atoms with Crippen LogP contribution >= 0.6 is 11.3 Å². The Hall–Kier alpha value is -1.20. The van der Waals surface area contributed by atoms with Crippen LogP contribution < -0.4 is 5.32 Å². The molecule has 0 unspecified atom stereocenters. The Morgan fingerprint density at radius 2 is 2.33 bits per heavy atom. The van der Waals surface area contributed by atoms with Crippen molar-refractivity contribution in [2.75, 3.05) is 25.1 Å². The van der Waals surface area contributed by atoms with Crippen molar-refractivity contribution in [2.24, 2.45) is 5.92 Å². The fourth-order valence-electron chi connectivity index (χ4n) is 1.87. The van der Waals surface area contributed by atoms with Gasteiger partial charge in [0.25, 0.3) is 0 Å². The molecule has 5 heteroatoms. The van der Waals surface area contributed by atoms with Crippen LogP contribution in [0.15, 0.2) is 11.7 Å². The Balaban J connectivity index is 1.56. The van der Waals surface area contributed by atoms with Gasteiger partial charge < -0.3 is 10.1 Å². The van der Waals surface area contributed by atoms with Crippen molar-refractivity contribution >= 4 is 27.4 Å². The molecule has 0 saturated heterocycles. The number of hydrogen-bond acceptors (Lipinski definition) is 5. The monoisotopic (exact) mass is 263 g/mol. The first-order valence-electron chi connectivity index (χ1n) is 6.35. The molecule has 0 atom stereocenters. The molecule has 2 heterocycles. The average Bonchev–Trinajstić information content (AvgIpc) is 3.13.